The summed E-state index contributed by atoms with van der Waals surface area (Å²) in [6, 6.07) is 3.14. The van der Waals surface area contributed by atoms with Crippen LogP contribution < -0.4 is 9.47 Å². The molecule has 0 fully saturated rings. The predicted octanol–water partition coefficient (Wildman–Crippen LogP) is 1.52. The first-order valence-corrected chi connectivity index (χ1v) is 6.19. The van der Waals surface area contributed by atoms with Crippen LogP contribution in [0.25, 0.3) is 0 Å². The van der Waals surface area contributed by atoms with E-state index in [9.17, 15) is 9.59 Å². The molecule has 1 aromatic carbocycles. The van der Waals surface area contributed by atoms with E-state index in [1.54, 1.807) is 19.1 Å². The molecule has 1 aromatic rings. The summed E-state index contributed by atoms with van der Waals surface area (Å²) in [6.45, 7) is 1.79. The molecule has 0 saturated heterocycles. The van der Waals surface area contributed by atoms with Gasteiger partial charge in [0.25, 0.3) is 0 Å². The fourth-order valence-electron chi connectivity index (χ4n) is 2.09. The minimum Gasteiger partial charge on any atom is -0.493 e. The summed E-state index contributed by atoms with van der Waals surface area (Å²) >= 11 is 0. The molecule has 0 spiro atoms. The first kappa shape index (κ1) is 14.3. The second-order valence-electron chi connectivity index (χ2n) is 4.16. The molecule has 108 valence electrons. The molecule has 6 heteroatoms. The number of Topliss-reactive ketones (excluding diaryl/α,β-unsaturated/α-hetero) is 1. The third-order valence-corrected chi connectivity index (χ3v) is 3.02. The normalized spacial score (nSPS) is 17.4. The number of fused-ring (bicyclic) bond motifs is 1. The van der Waals surface area contributed by atoms with E-state index >= 15 is 0 Å². The Morgan fingerprint density at radius 2 is 1.95 bits per heavy atom. The van der Waals surface area contributed by atoms with Crippen molar-refractivity contribution in [1.82, 2.24) is 0 Å². The van der Waals surface area contributed by atoms with E-state index in [2.05, 4.69) is 0 Å². The molecule has 0 radical (unpaired) electrons. The van der Waals surface area contributed by atoms with Gasteiger partial charge in [-0.05, 0) is 19.1 Å². The quantitative estimate of drug-likeness (QED) is 0.779. The van der Waals surface area contributed by atoms with Gasteiger partial charge in [0.1, 0.15) is 6.61 Å². The number of rotatable bonds is 4. The first-order valence-electron chi connectivity index (χ1n) is 6.19. The molecule has 0 bridgehead atoms. The largest absolute Gasteiger partial charge is 0.493 e. The van der Waals surface area contributed by atoms with Crippen LogP contribution in [-0.2, 0) is 14.3 Å². The SMILES string of the molecule is CCOC(=O)C1OCC(=O)c2cc(OC)c(OC)cc21. The van der Waals surface area contributed by atoms with E-state index in [0.29, 0.717) is 22.6 Å². The molecule has 20 heavy (non-hydrogen) atoms. The Morgan fingerprint density at radius 1 is 1.30 bits per heavy atom. The predicted molar refractivity (Wildman–Crippen MR) is 69.2 cm³/mol. The summed E-state index contributed by atoms with van der Waals surface area (Å²) in [6.07, 6.45) is -0.914. The maximum atomic E-state index is 11.9. The Labute approximate surface area is 116 Å². The van der Waals surface area contributed by atoms with Crippen molar-refractivity contribution >= 4 is 11.8 Å². The highest BCUT2D eigenvalue weighted by Gasteiger charge is 2.34. The van der Waals surface area contributed by atoms with E-state index < -0.39 is 12.1 Å². The van der Waals surface area contributed by atoms with E-state index in [0.717, 1.165) is 0 Å². The van der Waals surface area contributed by atoms with Gasteiger partial charge >= 0.3 is 5.97 Å². The van der Waals surface area contributed by atoms with Crippen LogP contribution in [0.3, 0.4) is 0 Å². The Balaban J connectivity index is 2.50. The molecule has 1 heterocycles. The molecule has 1 aliphatic rings. The molecular formula is C14H16O6. The zero-order valence-electron chi connectivity index (χ0n) is 11.6. The number of carbonyl (C=O) groups excluding carboxylic acids is 2. The van der Waals surface area contributed by atoms with E-state index in [1.807, 2.05) is 0 Å². The molecule has 1 atom stereocenters. The van der Waals surface area contributed by atoms with Gasteiger partial charge in [-0.25, -0.2) is 4.79 Å². The summed E-state index contributed by atoms with van der Waals surface area (Å²) in [5.41, 5.74) is 0.837. The standard InChI is InChI=1S/C14H16O6/c1-4-19-14(16)13-9-6-12(18-3)11(17-2)5-8(9)10(15)7-20-13/h5-6,13H,4,7H2,1-3H3. The first-order chi connectivity index (χ1) is 9.62. The van der Waals surface area contributed by atoms with Crippen molar-refractivity contribution < 1.29 is 28.5 Å². The summed E-state index contributed by atoms with van der Waals surface area (Å²) in [4.78, 5) is 23.8. The van der Waals surface area contributed by atoms with Crippen molar-refractivity contribution in [2.45, 2.75) is 13.0 Å². The highest BCUT2D eigenvalue weighted by Crippen LogP contribution is 2.37. The van der Waals surface area contributed by atoms with Gasteiger partial charge in [-0.1, -0.05) is 0 Å². The molecule has 1 unspecified atom stereocenters. The lowest BCUT2D eigenvalue weighted by molar-refractivity contribution is -0.156. The minimum absolute atomic E-state index is 0.161. The molecule has 6 nitrogen and oxygen atoms in total. The van der Waals surface area contributed by atoms with E-state index in [-0.39, 0.29) is 19.0 Å². The fraction of sp³-hybridized carbons (Fsp3) is 0.429. The molecule has 0 N–H and O–H groups in total. The number of hydrogen-bond donors (Lipinski definition) is 0. The van der Waals surface area contributed by atoms with Crippen LogP contribution in [0.15, 0.2) is 12.1 Å². The van der Waals surface area contributed by atoms with Crippen LogP contribution in [0.1, 0.15) is 28.9 Å². The van der Waals surface area contributed by atoms with Crippen molar-refractivity contribution in [1.29, 1.82) is 0 Å². The van der Waals surface area contributed by atoms with Gasteiger partial charge in [0, 0.05) is 11.1 Å². The number of ketones is 1. The number of carbonyl (C=O) groups is 2. The Morgan fingerprint density at radius 3 is 2.55 bits per heavy atom. The van der Waals surface area contributed by atoms with Gasteiger partial charge < -0.3 is 18.9 Å². The molecular weight excluding hydrogens is 264 g/mol. The maximum absolute atomic E-state index is 11.9. The molecule has 0 amide bonds. The second-order valence-corrected chi connectivity index (χ2v) is 4.16. The zero-order valence-corrected chi connectivity index (χ0v) is 11.6. The lowest BCUT2D eigenvalue weighted by Crippen LogP contribution is -2.29. The van der Waals surface area contributed by atoms with Crippen LogP contribution in [0.2, 0.25) is 0 Å². The fourth-order valence-corrected chi connectivity index (χ4v) is 2.09. The summed E-state index contributed by atoms with van der Waals surface area (Å²) in [5, 5.41) is 0. The molecule has 0 aliphatic carbocycles. The Kier molecular flexibility index (Phi) is 4.24. The topological polar surface area (TPSA) is 71.1 Å². The summed E-state index contributed by atoms with van der Waals surface area (Å²) in [5.74, 6) is 0.137. The smallest absolute Gasteiger partial charge is 0.339 e. The van der Waals surface area contributed by atoms with Gasteiger partial charge in [0.05, 0.1) is 20.8 Å². The van der Waals surface area contributed by atoms with Crippen LogP contribution in [0.4, 0.5) is 0 Å². The van der Waals surface area contributed by atoms with E-state index in [1.165, 1.54) is 14.2 Å². The lowest BCUT2D eigenvalue weighted by Gasteiger charge is -2.24. The number of methoxy groups -OCH3 is 2. The van der Waals surface area contributed by atoms with Gasteiger partial charge in [-0.15, -0.1) is 0 Å². The summed E-state index contributed by atoms with van der Waals surface area (Å²) in [7, 11) is 2.96. The maximum Gasteiger partial charge on any atom is 0.339 e. The number of benzene rings is 1. The molecule has 1 aliphatic heterocycles. The average Bonchev–Trinajstić information content (AvgIpc) is 2.46. The van der Waals surface area contributed by atoms with Crippen LogP contribution in [-0.4, -0.2) is 39.2 Å². The lowest BCUT2D eigenvalue weighted by atomic mass is 9.95. The average molecular weight is 280 g/mol. The third kappa shape index (κ3) is 2.46. The van der Waals surface area contributed by atoms with E-state index in [4.69, 9.17) is 18.9 Å². The Bertz CT molecular complexity index is 537. The van der Waals surface area contributed by atoms with Crippen molar-refractivity contribution in [2.75, 3.05) is 27.4 Å². The van der Waals surface area contributed by atoms with Crippen molar-refractivity contribution in [3.8, 4) is 11.5 Å². The molecule has 2 rings (SSSR count). The van der Waals surface area contributed by atoms with Gasteiger partial charge in [0.15, 0.2) is 23.4 Å². The van der Waals surface area contributed by atoms with Crippen molar-refractivity contribution in [2.24, 2.45) is 0 Å². The molecule has 0 saturated carbocycles. The monoisotopic (exact) mass is 280 g/mol. The highest BCUT2D eigenvalue weighted by molar-refractivity contribution is 6.02. The Hall–Kier alpha value is -2.08. The van der Waals surface area contributed by atoms with Gasteiger partial charge in [-0.2, -0.15) is 0 Å². The van der Waals surface area contributed by atoms with Gasteiger partial charge in [0.2, 0.25) is 0 Å². The highest BCUT2D eigenvalue weighted by atomic mass is 16.6. The second kappa shape index (κ2) is 5.92. The summed E-state index contributed by atoms with van der Waals surface area (Å²) < 4.78 is 20.6. The van der Waals surface area contributed by atoms with Crippen molar-refractivity contribution in [3.05, 3.63) is 23.3 Å². The number of ether oxygens (including phenoxy) is 4. The van der Waals surface area contributed by atoms with Crippen molar-refractivity contribution in [3.63, 3.8) is 0 Å². The number of hydrogen-bond acceptors (Lipinski definition) is 6. The third-order valence-electron chi connectivity index (χ3n) is 3.02. The van der Waals surface area contributed by atoms with Crippen LogP contribution in [0, 0.1) is 0 Å². The van der Waals surface area contributed by atoms with Gasteiger partial charge in [-0.3, -0.25) is 4.79 Å². The number of esters is 1. The van der Waals surface area contributed by atoms with Crippen LogP contribution >= 0.6 is 0 Å². The minimum atomic E-state index is -0.914. The molecule has 0 aromatic heterocycles. The van der Waals surface area contributed by atoms with Crippen LogP contribution in [0.5, 0.6) is 11.5 Å². The zero-order chi connectivity index (χ0) is 14.7.